The topological polar surface area (TPSA) is 66.4 Å². The lowest BCUT2D eigenvalue weighted by atomic mass is 10.0. The SMILES string of the molecule is CC(C(=O)Nc1cccc(CC(=O)O)c1)c1ccccc1. The van der Waals surface area contributed by atoms with Crippen molar-refractivity contribution >= 4 is 17.6 Å². The summed E-state index contributed by atoms with van der Waals surface area (Å²) in [6, 6.07) is 16.4. The van der Waals surface area contributed by atoms with Gasteiger partial charge in [-0.05, 0) is 30.2 Å². The molecule has 0 bridgehead atoms. The molecule has 2 rings (SSSR count). The van der Waals surface area contributed by atoms with E-state index in [0.29, 0.717) is 11.3 Å². The first-order valence-corrected chi connectivity index (χ1v) is 6.73. The van der Waals surface area contributed by atoms with Crippen LogP contribution in [-0.4, -0.2) is 17.0 Å². The van der Waals surface area contributed by atoms with Crippen LogP contribution in [-0.2, 0) is 16.0 Å². The summed E-state index contributed by atoms with van der Waals surface area (Å²) in [7, 11) is 0. The monoisotopic (exact) mass is 283 g/mol. The van der Waals surface area contributed by atoms with Gasteiger partial charge < -0.3 is 10.4 Å². The molecule has 4 nitrogen and oxygen atoms in total. The average molecular weight is 283 g/mol. The van der Waals surface area contributed by atoms with Crippen molar-refractivity contribution in [3.8, 4) is 0 Å². The Balaban J connectivity index is 2.07. The molecule has 1 atom stereocenters. The standard InChI is InChI=1S/C17H17NO3/c1-12(14-7-3-2-4-8-14)17(21)18-15-9-5-6-13(10-15)11-16(19)20/h2-10,12H,11H2,1H3,(H,18,21)(H,19,20). The molecule has 0 fully saturated rings. The maximum atomic E-state index is 12.2. The van der Waals surface area contributed by atoms with Crippen LogP contribution in [0.15, 0.2) is 54.6 Å². The van der Waals surface area contributed by atoms with Gasteiger partial charge in [0.05, 0.1) is 12.3 Å². The minimum Gasteiger partial charge on any atom is -0.481 e. The van der Waals surface area contributed by atoms with E-state index < -0.39 is 5.97 Å². The number of rotatable bonds is 5. The molecular formula is C17H17NO3. The molecule has 0 spiro atoms. The van der Waals surface area contributed by atoms with Crippen LogP contribution < -0.4 is 5.32 Å². The minimum atomic E-state index is -0.892. The summed E-state index contributed by atoms with van der Waals surface area (Å²) in [5.74, 6) is -1.28. The molecule has 1 amide bonds. The third-order valence-corrected chi connectivity index (χ3v) is 3.24. The van der Waals surface area contributed by atoms with E-state index in [1.807, 2.05) is 37.3 Å². The molecule has 0 aromatic heterocycles. The highest BCUT2D eigenvalue weighted by molar-refractivity contribution is 5.95. The second-order valence-electron chi connectivity index (χ2n) is 4.89. The highest BCUT2D eigenvalue weighted by Gasteiger charge is 2.15. The zero-order valence-corrected chi connectivity index (χ0v) is 11.7. The number of carbonyl (C=O) groups excluding carboxylic acids is 1. The number of hydrogen-bond acceptors (Lipinski definition) is 2. The first-order valence-electron chi connectivity index (χ1n) is 6.73. The van der Waals surface area contributed by atoms with E-state index >= 15 is 0 Å². The van der Waals surface area contributed by atoms with E-state index in [-0.39, 0.29) is 18.2 Å². The van der Waals surface area contributed by atoms with E-state index in [1.54, 1.807) is 24.3 Å². The quantitative estimate of drug-likeness (QED) is 0.886. The van der Waals surface area contributed by atoms with Crippen molar-refractivity contribution in [3.05, 3.63) is 65.7 Å². The third-order valence-electron chi connectivity index (χ3n) is 3.24. The van der Waals surface area contributed by atoms with Crippen molar-refractivity contribution in [2.45, 2.75) is 19.3 Å². The summed E-state index contributed by atoms with van der Waals surface area (Å²) >= 11 is 0. The fourth-order valence-corrected chi connectivity index (χ4v) is 2.08. The molecule has 0 aliphatic rings. The van der Waals surface area contributed by atoms with Crippen LogP contribution in [0, 0.1) is 0 Å². The second kappa shape index (κ2) is 6.70. The smallest absolute Gasteiger partial charge is 0.307 e. The lowest BCUT2D eigenvalue weighted by molar-refractivity contribution is -0.136. The molecule has 0 saturated heterocycles. The van der Waals surface area contributed by atoms with Gasteiger partial charge in [-0.15, -0.1) is 0 Å². The molecule has 2 N–H and O–H groups in total. The maximum Gasteiger partial charge on any atom is 0.307 e. The van der Waals surface area contributed by atoms with Gasteiger partial charge in [0.15, 0.2) is 0 Å². The van der Waals surface area contributed by atoms with Gasteiger partial charge in [0.1, 0.15) is 0 Å². The Labute approximate surface area is 123 Å². The fraction of sp³-hybridized carbons (Fsp3) is 0.176. The zero-order valence-electron chi connectivity index (χ0n) is 11.7. The average Bonchev–Trinajstić information content (AvgIpc) is 2.47. The van der Waals surface area contributed by atoms with Crippen LogP contribution in [0.25, 0.3) is 0 Å². The van der Waals surface area contributed by atoms with E-state index in [4.69, 9.17) is 5.11 Å². The minimum absolute atomic E-state index is 0.0576. The Hall–Kier alpha value is -2.62. The first-order chi connectivity index (χ1) is 10.1. The first kappa shape index (κ1) is 14.8. The molecule has 0 heterocycles. The van der Waals surface area contributed by atoms with E-state index in [9.17, 15) is 9.59 Å². The normalized spacial score (nSPS) is 11.7. The van der Waals surface area contributed by atoms with Gasteiger partial charge in [-0.1, -0.05) is 42.5 Å². The molecular weight excluding hydrogens is 266 g/mol. The molecule has 108 valence electrons. The van der Waals surface area contributed by atoms with Gasteiger partial charge in [-0.3, -0.25) is 9.59 Å². The number of carbonyl (C=O) groups is 2. The third kappa shape index (κ3) is 4.18. The Morgan fingerprint density at radius 1 is 1.10 bits per heavy atom. The van der Waals surface area contributed by atoms with Crippen molar-refractivity contribution in [2.75, 3.05) is 5.32 Å². The number of carboxylic acid groups (broad SMARTS) is 1. The van der Waals surface area contributed by atoms with Crippen molar-refractivity contribution in [1.82, 2.24) is 0 Å². The number of hydrogen-bond donors (Lipinski definition) is 2. The Morgan fingerprint density at radius 3 is 2.48 bits per heavy atom. The zero-order chi connectivity index (χ0) is 15.2. The summed E-state index contributed by atoms with van der Waals surface area (Å²) in [5.41, 5.74) is 2.21. The van der Waals surface area contributed by atoms with E-state index in [2.05, 4.69) is 5.32 Å². The Morgan fingerprint density at radius 2 is 1.81 bits per heavy atom. The van der Waals surface area contributed by atoms with Gasteiger partial charge >= 0.3 is 5.97 Å². The largest absolute Gasteiger partial charge is 0.481 e. The Kier molecular flexibility index (Phi) is 4.72. The highest BCUT2D eigenvalue weighted by Crippen LogP contribution is 2.18. The van der Waals surface area contributed by atoms with Crippen LogP contribution in [0.3, 0.4) is 0 Å². The highest BCUT2D eigenvalue weighted by atomic mass is 16.4. The number of amides is 1. The van der Waals surface area contributed by atoms with Crippen LogP contribution >= 0.6 is 0 Å². The predicted octanol–water partition coefficient (Wildman–Crippen LogP) is 3.06. The summed E-state index contributed by atoms with van der Waals surface area (Å²) < 4.78 is 0. The van der Waals surface area contributed by atoms with Crippen molar-refractivity contribution in [2.24, 2.45) is 0 Å². The Bertz CT molecular complexity index is 637. The van der Waals surface area contributed by atoms with Crippen molar-refractivity contribution in [1.29, 1.82) is 0 Å². The molecule has 2 aromatic carbocycles. The fourth-order valence-electron chi connectivity index (χ4n) is 2.08. The van der Waals surface area contributed by atoms with E-state index in [1.165, 1.54) is 0 Å². The second-order valence-corrected chi connectivity index (χ2v) is 4.89. The summed E-state index contributed by atoms with van der Waals surface area (Å²) in [6.07, 6.45) is -0.0576. The molecule has 1 unspecified atom stereocenters. The molecule has 0 aliphatic carbocycles. The molecule has 0 saturated carbocycles. The van der Waals surface area contributed by atoms with Gasteiger partial charge in [0.25, 0.3) is 0 Å². The lowest BCUT2D eigenvalue weighted by Crippen LogP contribution is -2.18. The number of nitrogens with one attached hydrogen (secondary N) is 1. The summed E-state index contributed by atoms with van der Waals surface area (Å²) in [6.45, 7) is 1.84. The molecule has 0 radical (unpaired) electrons. The van der Waals surface area contributed by atoms with Crippen LogP contribution in [0.4, 0.5) is 5.69 Å². The molecule has 21 heavy (non-hydrogen) atoms. The number of anilines is 1. The van der Waals surface area contributed by atoms with Crippen molar-refractivity contribution in [3.63, 3.8) is 0 Å². The number of aliphatic carboxylic acids is 1. The number of benzene rings is 2. The summed E-state index contributed by atoms with van der Waals surface area (Å²) in [5, 5.41) is 11.6. The molecule has 4 heteroatoms. The van der Waals surface area contributed by atoms with Crippen molar-refractivity contribution < 1.29 is 14.7 Å². The molecule has 0 aliphatic heterocycles. The number of carboxylic acids is 1. The maximum absolute atomic E-state index is 12.2. The van der Waals surface area contributed by atoms with Crippen LogP contribution in [0.5, 0.6) is 0 Å². The van der Waals surface area contributed by atoms with Crippen LogP contribution in [0.2, 0.25) is 0 Å². The predicted molar refractivity (Wildman–Crippen MR) is 81.3 cm³/mol. The van der Waals surface area contributed by atoms with Gasteiger partial charge in [0.2, 0.25) is 5.91 Å². The molecule has 2 aromatic rings. The van der Waals surface area contributed by atoms with Crippen LogP contribution in [0.1, 0.15) is 24.0 Å². The van der Waals surface area contributed by atoms with Gasteiger partial charge in [-0.2, -0.15) is 0 Å². The van der Waals surface area contributed by atoms with Gasteiger partial charge in [-0.25, -0.2) is 0 Å². The van der Waals surface area contributed by atoms with Gasteiger partial charge in [0, 0.05) is 5.69 Å². The van der Waals surface area contributed by atoms with E-state index in [0.717, 1.165) is 5.56 Å². The lowest BCUT2D eigenvalue weighted by Gasteiger charge is -2.13. The summed E-state index contributed by atoms with van der Waals surface area (Å²) in [4.78, 5) is 22.9.